The summed E-state index contributed by atoms with van der Waals surface area (Å²) in [6.07, 6.45) is 3.39. The second-order valence-electron chi connectivity index (χ2n) is 2.57. The number of carbonyl (C=O) groups excluding carboxylic acids is 1. The number of nitrogens with one attached hydrogen (secondary N) is 1. The molecule has 0 spiro atoms. The molecule has 5 nitrogen and oxygen atoms in total. The number of nitrogens with zero attached hydrogens (tertiary/aromatic N) is 2. The molecule has 0 aliphatic carbocycles. The van der Waals surface area contributed by atoms with Crippen LogP contribution >= 0.6 is 0 Å². The van der Waals surface area contributed by atoms with Gasteiger partial charge < -0.3 is 4.57 Å². The van der Waals surface area contributed by atoms with Gasteiger partial charge in [-0.05, 0) is 13.8 Å². The molecule has 0 aliphatic heterocycles. The Labute approximate surface area is 70.6 Å². The Morgan fingerprint density at radius 3 is 2.92 bits per heavy atom. The van der Waals surface area contributed by atoms with Crippen LogP contribution in [0.25, 0.3) is 0 Å². The van der Waals surface area contributed by atoms with Crippen LogP contribution in [0.4, 0.5) is 0 Å². The average Bonchev–Trinajstić information content (AvgIpc) is 2.48. The number of aromatic nitrogens is 2. The molecule has 0 saturated carbocycles. The third kappa shape index (κ3) is 1.45. The fraction of sp³-hybridized carbons (Fsp3) is 0.429. The van der Waals surface area contributed by atoms with Gasteiger partial charge in [0.25, 0.3) is 5.91 Å². The summed E-state index contributed by atoms with van der Waals surface area (Å²) in [6, 6.07) is -0.308. The van der Waals surface area contributed by atoms with Crippen molar-refractivity contribution in [2.75, 3.05) is 0 Å². The molecule has 66 valence electrons. The van der Waals surface area contributed by atoms with Gasteiger partial charge in [-0.3, -0.25) is 10.2 Å². The van der Waals surface area contributed by atoms with E-state index in [4.69, 9.17) is 5.84 Å². The maximum absolute atomic E-state index is 11.1. The van der Waals surface area contributed by atoms with Crippen molar-refractivity contribution >= 4 is 5.91 Å². The lowest BCUT2D eigenvalue weighted by atomic mass is 10.3. The number of rotatable bonds is 2. The van der Waals surface area contributed by atoms with E-state index < -0.39 is 0 Å². The van der Waals surface area contributed by atoms with Crippen molar-refractivity contribution in [3.63, 3.8) is 0 Å². The van der Waals surface area contributed by atoms with Crippen LogP contribution in [0.15, 0.2) is 12.4 Å². The number of carbonyl (C=O) groups is 1. The van der Waals surface area contributed by atoms with Crippen molar-refractivity contribution in [2.45, 2.75) is 19.9 Å². The van der Waals surface area contributed by atoms with Gasteiger partial charge in [0.05, 0.1) is 0 Å². The van der Waals surface area contributed by atoms with Gasteiger partial charge in [0, 0.05) is 12.4 Å². The molecule has 3 N–H and O–H groups in total. The smallest absolute Gasteiger partial charge is 0.256 e. The second kappa shape index (κ2) is 3.36. The minimum Gasteiger partial charge on any atom is -0.323 e. The van der Waals surface area contributed by atoms with Crippen molar-refractivity contribution in [3.8, 4) is 0 Å². The monoisotopic (exact) mass is 168 g/mol. The Kier molecular flexibility index (Phi) is 2.44. The van der Waals surface area contributed by atoms with Crippen LogP contribution < -0.4 is 11.3 Å². The van der Waals surface area contributed by atoms with Crippen molar-refractivity contribution in [1.29, 1.82) is 0 Å². The number of nitrogens with two attached hydrogens (primary N) is 1. The average molecular weight is 168 g/mol. The predicted molar refractivity (Wildman–Crippen MR) is 44.0 cm³/mol. The molecule has 1 amide bonds. The number of imidazole rings is 1. The van der Waals surface area contributed by atoms with Gasteiger partial charge in [-0.1, -0.05) is 0 Å². The highest BCUT2D eigenvalue weighted by molar-refractivity contribution is 5.79. The topological polar surface area (TPSA) is 72.9 Å². The van der Waals surface area contributed by atoms with Gasteiger partial charge in [-0.25, -0.2) is 10.8 Å². The molecule has 1 rings (SSSR count). The van der Waals surface area contributed by atoms with E-state index in [1.807, 2.05) is 6.92 Å². The van der Waals surface area contributed by atoms with E-state index in [2.05, 4.69) is 10.4 Å². The summed E-state index contributed by atoms with van der Waals surface area (Å²) >= 11 is 0. The summed E-state index contributed by atoms with van der Waals surface area (Å²) in [4.78, 5) is 15.1. The molecule has 0 bridgehead atoms. The quantitative estimate of drug-likeness (QED) is 0.363. The molecular formula is C7H12N4O. The SMILES string of the molecule is Cc1nccn1C(C)C(=O)NN. The van der Waals surface area contributed by atoms with Crippen LogP contribution in [0.5, 0.6) is 0 Å². The summed E-state index contributed by atoms with van der Waals surface area (Å²) in [5.74, 6) is 5.57. The van der Waals surface area contributed by atoms with Crippen molar-refractivity contribution in [1.82, 2.24) is 15.0 Å². The zero-order chi connectivity index (χ0) is 9.14. The molecule has 1 unspecified atom stereocenters. The number of hydrogen-bond acceptors (Lipinski definition) is 3. The third-order valence-corrected chi connectivity index (χ3v) is 1.80. The minimum absolute atomic E-state index is 0.226. The number of aryl methyl sites for hydroxylation is 1. The molecule has 1 aromatic rings. The van der Waals surface area contributed by atoms with Crippen LogP contribution in [0, 0.1) is 6.92 Å². The van der Waals surface area contributed by atoms with Crippen LogP contribution in [-0.2, 0) is 4.79 Å². The van der Waals surface area contributed by atoms with E-state index in [-0.39, 0.29) is 11.9 Å². The molecule has 5 heteroatoms. The molecule has 0 aromatic carbocycles. The summed E-state index contributed by atoms with van der Waals surface area (Å²) in [7, 11) is 0. The molecule has 0 fully saturated rings. The lowest BCUT2D eigenvalue weighted by molar-refractivity contribution is -0.123. The Bertz CT molecular complexity index is 281. The lowest BCUT2D eigenvalue weighted by Gasteiger charge is -2.12. The van der Waals surface area contributed by atoms with Gasteiger partial charge in [-0.15, -0.1) is 0 Å². The lowest BCUT2D eigenvalue weighted by Crippen LogP contribution is -2.36. The third-order valence-electron chi connectivity index (χ3n) is 1.80. The van der Waals surface area contributed by atoms with Crippen LogP contribution in [0.1, 0.15) is 18.8 Å². The Morgan fingerprint density at radius 1 is 1.83 bits per heavy atom. The van der Waals surface area contributed by atoms with E-state index >= 15 is 0 Å². The number of hydrogen-bond donors (Lipinski definition) is 2. The van der Waals surface area contributed by atoms with Gasteiger partial charge >= 0.3 is 0 Å². The van der Waals surface area contributed by atoms with Crippen molar-refractivity contribution in [2.24, 2.45) is 5.84 Å². The Morgan fingerprint density at radius 2 is 2.50 bits per heavy atom. The summed E-state index contributed by atoms with van der Waals surface area (Å²) < 4.78 is 1.75. The van der Waals surface area contributed by atoms with Crippen LogP contribution in [0.3, 0.4) is 0 Å². The zero-order valence-corrected chi connectivity index (χ0v) is 7.11. The highest BCUT2D eigenvalue weighted by atomic mass is 16.2. The number of hydrazine groups is 1. The molecule has 1 heterocycles. The van der Waals surface area contributed by atoms with Crippen molar-refractivity contribution < 1.29 is 4.79 Å². The fourth-order valence-corrected chi connectivity index (χ4v) is 1.04. The summed E-state index contributed by atoms with van der Waals surface area (Å²) in [5.41, 5.74) is 2.09. The zero-order valence-electron chi connectivity index (χ0n) is 7.11. The summed E-state index contributed by atoms with van der Waals surface area (Å²) in [6.45, 7) is 3.59. The normalized spacial score (nSPS) is 12.6. The molecule has 0 aliphatic rings. The fourth-order valence-electron chi connectivity index (χ4n) is 1.04. The largest absolute Gasteiger partial charge is 0.323 e. The van der Waals surface area contributed by atoms with Gasteiger partial charge in [0.1, 0.15) is 11.9 Å². The first-order chi connectivity index (χ1) is 5.66. The molecule has 0 radical (unpaired) electrons. The highest BCUT2D eigenvalue weighted by Crippen LogP contribution is 2.07. The van der Waals surface area contributed by atoms with E-state index in [1.165, 1.54) is 0 Å². The first kappa shape index (κ1) is 8.73. The molecule has 1 aromatic heterocycles. The molecular weight excluding hydrogens is 156 g/mol. The maximum atomic E-state index is 11.1. The number of amides is 1. The Hall–Kier alpha value is -1.36. The first-order valence-electron chi connectivity index (χ1n) is 3.66. The molecule has 0 saturated heterocycles. The van der Waals surface area contributed by atoms with Gasteiger partial charge in [0.15, 0.2) is 0 Å². The van der Waals surface area contributed by atoms with Crippen molar-refractivity contribution in [3.05, 3.63) is 18.2 Å². The standard InChI is InChI=1S/C7H12N4O/c1-5(7(12)10-8)11-4-3-9-6(11)2/h3-5H,8H2,1-2H3,(H,10,12). The molecule has 12 heavy (non-hydrogen) atoms. The second-order valence-corrected chi connectivity index (χ2v) is 2.57. The Balaban J connectivity index is 2.84. The van der Waals surface area contributed by atoms with E-state index in [9.17, 15) is 4.79 Å². The minimum atomic E-state index is -0.308. The van der Waals surface area contributed by atoms with Crippen LogP contribution in [0.2, 0.25) is 0 Å². The van der Waals surface area contributed by atoms with Gasteiger partial charge in [0.2, 0.25) is 0 Å². The highest BCUT2D eigenvalue weighted by Gasteiger charge is 2.13. The maximum Gasteiger partial charge on any atom is 0.256 e. The van der Waals surface area contributed by atoms with E-state index in [1.54, 1.807) is 23.9 Å². The van der Waals surface area contributed by atoms with E-state index in [0.717, 1.165) is 5.82 Å². The van der Waals surface area contributed by atoms with Gasteiger partial charge in [-0.2, -0.15) is 0 Å². The van der Waals surface area contributed by atoms with Crippen LogP contribution in [-0.4, -0.2) is 15.5 Å². The van der Waals surface area contributed by atoms with E-state index in [0.29, 0.717) is 0 Å². The first-order valence-corrected chi connectivity index (χ1v) is 3.66. The molecule has 1 atom stereocenters. The predicted octanol–water partition coefficient (Wildman–Crippen LogP) is -0.258. The summed E-state index contributed by atoms with van der Waals surface area (Å²) in [5, 5.41) is 0.